The van der Waals surface area contributed by atoms with Gasteiger partial charge < -0.3 is 9.67 Å². The number of carbonyl (C=O) groups is 1. The van der Waals surface area contributed by atoms with Crippen LogP contribution in [0.5, 0.6) is 0 Å². The molecule has 0 saturated heterocycles. The first kappa shape index (κ1) is 12.3. The largest absolute Gasteiger partial charge is 0.477 e. The Morgan fingerprint density at radius 3 is 2.94 bits per heavy atom. The van der Waals surface area contributed by atoms with Gasteiger partial charge in [-0.15, -0.1) is 0 Å². The van der Waals surface area contributed by atoms with Crippen LogP contribution in [-0.4, -0.2) is 30.4 Å². The van der Waals surface area contributed by atoms with E-state index in [1.807, 2.05) is 0 Å². The molecule has 0 aliphatic heterocycles. The fourth-order valence-electron chi connectivity index (χ4n) is 1.97. The van der Waals surface area contributed by atoms with E-state index < -0.39 is 5.97 Å². The molecule has 0 aliphatic carbocycles. The summed E-state index contributed by atoms with van der Waals surface area (Å²) in [5, 5.41) is 13.3. The van der Waals surface area contributed by atoms with Crippen LogP contribution in [0.3, 0.4) is 0 Å². The van der Waals surface area contributed by atoms with Gasteiger partial charge in [-0.05, 0) is 25.0 Å². The Hall–Kier alpha value is -2.11. The first-order valence-corrected chi connectivity index (χ1v) is 5.89. The molecule has 0 spiro atoms. The highest BCUT2D eigenvalue weighted by Crippen LogP contribution is 2.12. The van der Waals surface area contributed by atoms with Gasteiger partial charge in [-0.3, -0.25) is 0 Å². The second kappa shape index (κ2) is 5.03. The number of hydrogen-bond donors (Lipinski definition) is 1. The third-order valence-electron chi connectivity index (χ3n) is 2.81. The summed E-state index contributed by atoms with van der Waals surface area (Å²) in [6.07, 6.45) is 4.23. The zero-order chi connectivity index (χ0) is 13.1. The van der Waals surface area contributed by atoms with Gasteiger partial charge in [0.15, 0.2) is 0 Å². The van der Waals surface area contributed by atoms with E-state index in [2.05, 4.69) is 17.0 Å². The Morgan fingerprint density at radius 2 is 2.28 bits per heavy atom. The molecule has 0 radical (unpaired) electrons. The van der Waals surface area contributed by atoms with E-state index in [-0.39, 0.29) is 0 Å². The second-order valence-corrected chi connectivity index (χ2v) is 4.18. The summed E-state index contributed by atoms with van der Waals surface area (Å²) in [5.74, 6) is -0.144. The monoisotopic (exact) mass is 248 g/mol. The lowest BCUT2D eigenvalue weighted by atomic mass is 10.3. The van der Waals surface area contributed by atoms with Gasteiger partial charge >= 0.3 is 5.97 Å². The van der Waals surface area contributed by atoms with Gasteiger partial charge in [0.2, 0.25) is 0 Å². The predicted octanol–water partition coefficient (Wildman–Crippen LogP) is 1.54. The number of aryl methyl sites for hydroxylation is 2. The molecule has 1 N–H and O–H groups in total. The van der Waals surface area contributed by atoms with Crippen LogP contribution in [-0.2, 0) is 13.1 Å². The molecular formula is C12H16N4O2. The average Bonchev–Trinajstić information content (AvgIpc) is 2.88. The zero-order valence-electron chi connectivity index (χ0n) is 10.5. The predicted molar refractivity (Wildman–Crippen MR) is 65.5 cm³/mol. The fraction of sp³-hybridized carbons (Fsp3) is 0.417. The lowest BCUT2D eigenvalue weighted by Crippen LogP contribution is -2.14. The van der Waals surface area contributed by atoms with Crippen molar-refractivity contribution in [3.63, 3.8) is 0 Å². The summed E-state index contributed by atoms with van der Waals surface area (Å²) in [6, 6.07) is 1.80. The molecule has 0 aliphatic rings. The highest BCUT2D eigenvalue weighted by molar-refractivity contribution is 5.87. The zero-order valence-corrected chi connectivity index (χ0v) is 10.5. The van der Waals surface area contributed by atoms with Gasteiger partial charge in [0.1, 0.15) is 17.8 Å². The molecule has 0 saturated carbocycles. The van der Waals surface area contributed by atoms with Crippen molar-refractivity contribution in [2.45, 2.75) is 33.4 Å². The summed E-state index contributed by atoms with van der Waals surface area (Å²) in [5.41, 5.74) is 1.06. The highest BCUT2D eigenvalue weighted by Gasteiger charge is 2.15. The summed E-state index contributed by atoms with van der Waals surface area (Å²) >= 11 is 0. The van der Waals surface area contributed by atoms with E-state index in [4.69, 9.17) is 0 Å². The van der Waals surface area contributed by atoms with Crippen LogP contribution in [0, 0.1) is 6.92 Å². The molecule has 0 atom stereocenters. The van der Waals surface area contributed by atoms with E-state index in [0.29, 0.717) is 12.2 Å². The molecule has 0 fully saturated rings. The first-order chi connectivity index (χ1) is 8.63. The minimum atomic E-state index is -0.918. The van der Waals surface area contributed by atoms with Crippen molar-refractivity contribution in [1.82, 2.24) is 19.3 Å². The van der Waals surface area contributed by atoms with Crippen LogP contribution in [0.25, 0.3) is 0 Å². The number of rotatable bonds is 5. The number of aromatic carboxylic acids is 1. The van der Waals surface area contributed by atoms with E-state index in [0.717, 1.165) is 24.4 Å². The van der Waals surface area contributed by atoms with E-state index in [9.17, 15) is 9.90 Å². The lowest BCUT2D eigenvalue weighted by Gasteiger charge is -2.08. The van der Waals surface area contributed by atoms with Gasteiger partial charge in [-0.2, -0.15) is 5.10 Å². The van der Waals surface area contributed by atoms with Crippen LogP contribution in [0.4, 0.5) is 0 Å². The number of nitrogens with zero attached hydrogens (tertiary/aromatic N) is 4. The van der Waals surface area contributed by atoms with E-state index in [1.54, 1.807) is 28.4 Å². The molecule has 6 nitrogen and oxygen atoms in total. The molecule has 18 heavy (non-hydrogen) atoms. The van der Waals surface area contributed by atoms with Crippen molar-refractivity contribution in [2.75, 3.05) is 0 Å². The Labute approximate surface area is 105 Å². The minimum absolute atomic E-state index is 0.307. The fourth-order valence-corrected chi connectivity index (χ4v) is 1.97. The van der Waals surface area contributed by atoms with Gasteiger partial charge in [0.25, 0.3) is 0 Å². The van der Waals surface area contributed by atoms with Crippen LogP contribution < -0.4 is 0 Å². The maximum atomic E-state index is 11.2. The summed E-state index contributed by atoms with van der Waals surface area (Å²) in [7, 11) is 0. The maximum absolute atomic E-state index is 11.2. The minimum Gasteiger partial charge on any atom is -0.477 e. The van der Waals surface area contributed by atoms with Gasteiger partial charge in [0.05, 0.1) is 6.54 Å². The topological polar surface area (TPSA) is 72.9 Å². The normalized spacial score (nSPS) is 10.8. The summed E-state index contributed by atoms with van der Waals surface area (Å²) in [6.45, 7) is 5.07. The highest BCUT2D eigenvalue weighted by atomic mass is 16.4. The summed E-state index contributed by atoms with van der Waals surface area (Å²) in [4.78, 5) is 15.4. The standard InChI is InChI=1S/C12H16N4O2/c1-3-5-16-10(13-8-14-16)7-15-6-4-9(2)11(15)12(17)18/h4,6,8H,3,5,7H2,1-2H3,(H,17,18). The van der Waals surface area contributed by atoms with Gasteiger partial charge in [0, 0.05) is 12.7 Å². The molecule has 2 aromatic heterocycles. The SMILES string of the molecule is CCCn1ncnc1Cn1ccc(C)c1C(=O)O. The quantitative estimate of drug-likeness (QED) is 0.871. The third-order valence-corrected chi connectivity index (χ3v) is 2.81. The number of aromatic nitrogens is 4. The van der Waals surface area contributed by atoms with Crippen molar-refractivity contribution < 1.29 is 9.90 Å². The summed E-state index contributed by atoms with van der Waals surface area (Å²) < 4.78 is 3.49. The molecule has 2 heterocycles. The number of carboxylic acids is 1. The molecule has 0 aromatic carbocycles. The first-order valence-electron chi connectivity index (χ1n) is 5.89. The van der Waals surface area contributed by atoms with Crippen molar-refractivity contribution in [1.29, 1.82) is 0 Å². The Bertz CT molecular complexity index is 556. The van der Waals surface area contributed by atoms with E-state index in [1.165, 1.54) is 6.33 Å². The second-order valence-electron chi connectivity index (χ2n) is 4.18. The molecule has 0 amide bonds. The molecule has 0 bridgehead atoms. The maximum Gasteiger partial charge on any atom is 0.352 e. The average molecular weight is 248 g/mol. The van der Waals surface area contributed by atoms with Crippen LogP contribution in [0.2, 0.25) is 0 Å². The van der Waals surface area contributed by atoms with E-state index >= 15 is 0 Å². The van der Waals surface area contributed by atoms with Gasteiger partial charge in [-0.1, -0.05) is 6.92 Å². The lowest BCUT2D eigenvalue weighted by molar-refractivity contribution is 0.0684. The van der Waals surface area contributed by atoms with Crippen molar-refractivity contribution >= 4 is 5.97 Å². The molecule has 0 unspecified atom stereocenters. The van der Waals surface area contributed by atoms with Crippen molar-refractivity contribution in [3.05, 3.63) is 35.7 Å². The van der Waals surface area contributed by atoms with Crippen LogP contribution in [0.15, 0.2) is 18.6 Å². The molecule has 6 heteroatoms. The molecular weight excluding hydrogens is 232 g/mol. The van der Waals surface area contributed by atoms with Crippen LogP contribution in [0.1, 0.15) is 35.2 Å². The Morgan fingerprint density at radius 1 is 1.50 bits per heavy atom. The van der Waals surface area contributed by atoms with Crippen molar-refractivity contribution in [2.24, 2.45) is 0 Å². The number of carboxylic acid groups (broad SMARTS) is 1. The van der Waals surface area contributed by atoms with Gasteiger partial charge in [-0.25, -0.2) is 14.5 Å². The van der Waals surface area contributed by atoms with Crippen LogP contribution >= 0.6 is 0 Å². The Balaban J connectivity index is 2.28. The van der Waals surface area contributed by atoms with Crippen molar-refractivity contribution in [3.8, 4) is 0 Å². The third kappa shape index (κ3) is 2.27. The Kier molecular flexibility index (Phi) is 3.45. The molecule has 96 valence electrons. The molecule has 2 aromatic rings. The smallest absolute Gasteiger partial charge is 0.352 e. The molecule has 2 rings (SSSR count). The number of hydrogen-bond acceptors (Lipinski definition) is 3.